The number of nitrogens with one attached hydrogen (secondary N) is 2. The van der Waals surface area contributed by atoms with Crippen LogP contribution in [0.2, 0.25) is 0 Å². The normalized spacial score (nSPS) is 20.1. The Morgan fingerprint density at radius 3 is 1.17 bits per heavy atom. The molecule has 1 fully saturated rings. The molecule has 0 spiro atoms. The molecule has 2 unspecified atom stereocenters. The van der Waals surface area contributed by atoms with E-state index in [1.54, 1.807) is 9.80 Å². The predicted molar refractivity (Wildman–Crippen MR) is 100 cm³/mol. The number of hydrogen-bond acceptors (Lipinski definition) is 4. The lowest BCUT2D eigenvalue weighted by molar-refractivity contribution is -0.113. The van der Waals surface area contributed by atoms with Crippen LogP contribution in [0.5, 0.6) is 0 Å². The van der Waals surface area contributed by atoms with Crippen molar-refractivity contribution in [1.82, 2.24) is 20.4 Å². The summed E-state index contributed by atoms with van der Waals surface area (Å²) >= 11 is 35.2. The summed E-state index contributed by atoms with van der Waals surface area (Å²) in [4.78, 5) is 24.9. The lowest BCUT2D eigenvalue weighted by Crippen LogP contribution is -2.63. The van der Waals surface area contributed by atoms with Crippen LogP contribution in [-0.2, 0) is 9.59 Å². The molecule has 6 nitrogen and oxygen atoms in total. The van der Waals surface area contributed by atoms with Crippen molar-refractivity contribution in [3.05, 3.63) is 0 Å². The highest BCUT2D eigenvalue weighted by Gasteiger charge is 2.42. The highest BCUT2D eigenvalue weighted by molar-refractivity contribution is 8.93. The zero-order chi connectivity index (χ0) is 17.0. The summed E-state index contributed by atoms with van der Waals surface area (Å²) in [6.07, 6.45) is -0.613. The van der Waals surface area contributed by atoms with Crippen molar-refractivity contribution in [3.8, 4) is 0 Å². The third-order valence-electron chi connectivity index (χ3n) is 3.15. The van der Waals surface area contributed by atoms with Gasteiger partial charge in [0.25, 0.3) is 0 Å². The van der Waals surface area contributed by atoms with Gasteiger partial charge in [-0.2, -0.15) is 0 Å². The SMILES string of the molecule is Br.O=CNC(N1CCN(C(NC=O)C(Cl)(Cl)Cl)CC1)C(Cl)(Cl)Cl. The largest absolute Gasteiger partial charge is 0.339 e. The van der Waals surface area contributed by atoms with Crippen molar-refractivity contribution in [2.24, 2.45) is 0 Å². The minimum absolute atomic E-state index is 0. The highest BCUT2D eigenvalue weighted by Crippen LogP contribution is 2.34. The van der Waals surface area contributed by atoms with E-state index in [-0.39, 0.29) is 17.0 Å². The minimum Gasteiger partial charge on any atom is -0.339 e. The van der Waals surface area contributed by atoms with Gasteiger partial charge in [0, 0.05) is 26.2 Å². The lowest BCUT2D eigenvalue weighted by atomic mass is 10.2. The molecule has 136 valence electrons. The average Bonchev–Trinajstić information content (AvgIpc) is 2.40. The van der Waals surface area contributed by atoms with Crippen LogP contribution in [0.15, 0.2) is 0 Å². The molecule has 0 aromatic carbocycles. The zero-order valence-corrected chi connectivity index (χ0v) is 17.8. The molecule has 2 N–H and O–H groups in total. The van der Waals surface area contributed by atoms with Crippen molar-refractivity contribution in [2.75, 3.05) is 26.2 Å². The maximum absolute atomic E-state index is 10.7. The van der Waals surface area contributed by atoms with Crippen LogP contribution < -0.4 is 10.6 Å². The summed E-state index contributed by atoms with van der Waals surface area (Å²) in [5, 5.41) is 4.95. The number of piperazine rings is 1. The van der Waals surface area contributed by atoms with Crippen LogP contribution in [-0.4, -0.2) is 68.7 Å². The maximum Gasteiger partial charge on any atom is 0.223 e. The summed E-state index contributed by atoms with van der Waals surface area (Å²) < 4.78 is -3.36. The number of rotatable bonds is 6. The third-order valence-corrected chi connectivity index (χ3v) is 4.39. The maximum atomic E-state index is 10.7. The molecule has 0 bridgehead atoms. The van der Waals surface area contributed by atoms with Gasteiger partial charge in [0.15, 0.2) is 0 Å². The van der Waals surface area contributed by atoms with Gasteiger partial charge >= 0.3 is 0 Å². The van der Waals surface area contributed by atoms with Gasteiger partial charge < -0.3 is 10.6 Å². The Hall–Kier alpha value is 1.08. The van der Waals surface area contributed by atoms with Gasteiger partial charge in [0.2, 0.25) is 20.4 Å². The zero-order valence-electron chi connectivity index (χ0n) is 11.5. The Balaban J connectivity index is 0.00000484. The van der Waals surface area contributed by atoms with Crippen LogP contribution in [0.4, 0.5) is 0 Å². The molecule has 0 aliphatic carbocycles. The quantitative estimate of drug-likeness (QED) is 0.420. The monoisotopic (exact) mass is 512 g/mol. The molecule has 1 aliphatic rings. The van der Waals surface area contributed by atoms with Crippen LogP contribution in [0.3, 0.4) is 0 Å². The van der Waals surface area contributed by atoms with Crippen molar-refractivity contribution in [1.29, 1.82) is 0 Å². The third kappa shape index (κ3) is 7.46. The molecule has 0 radical (unpaired) electrons. The molecule has 1 rings (SSSR count). The summed E-state index contributed by atoms with van der Waals surface area (Å²) in [5.41, 5.74) is 0. The molecule has 2 amide bonds. The van der Waals surface area contributed by atoms with Gasteiger partial charge in [-0.3, -0.25) is 19.4 Å². The number of amides is 2. The van der Waals surface area contributed by atoms with Crippen LogP contribution >= 0.6 is 86.6 Å². The summed E-state index contributed by atoms with van der Waals surface area (Å²) in [6, 6.07) is 0. The van der Waals surface area contributed by atoms with Gasteiger partial charge in [-0.05, 0) is 0 Å². The van der Waals surface area contributed by atoms with Crippen molar-refractivity contribution in [2.45, 2.75) is 19.9 Å². The predicted octanol–water partition coefficient (Wildman–Crippen LogP) is 2.07. The van der Waals surface area contributed by atoms with E-state index in [0.29, 0.717) is 39.0 Å². The van der Waals surface area contributed by atoms with E-state index >= 15 is 0 Å². The van der Waals surface area contributed by atoms with E-state index in [1.165, 1.54) is 0 Å². The van der Waals surface area contributed by atoms with E-state index in [9.17, 15) is 9.59 Å². The second-order valence-electron chi connectivity index (χ2n) is 4.53. The molecule has 1 heterocycles. The van der Waals surface area contributed by atoms with E-state index in [2.05, 4.69) is 10.6 Å². The topological polar surface area (TPSA) is 64.7 Å². The first-order valence-corrected chi connectivity index (χ1v) is 8.39. The summed E-state index contributed by atoms with van der Waals surface area (Å²) in [6.45, 7) is 1.77. The second-order valence-corrected chi connectivity index (χ2v) is 9.27. The van der Waals surface area contributed by atoms with Crippen molar-refractivity contribution < 1.29 is 9.59 Å². The Labute approximate surface area is 174 Å². The first-order valence-electron chi connectivity index (χ1n) is 6.12. The Kier molecular flexibility index (Phi) is 10.8. The number of carbonyl (C=O) groups is 2. The van der Waals surface area contributed by atoms with Gasteiger partial charge in [0.05, 0.1) is 0 Å². The molecule has 2 atom stereocenters. The fourth-order valence-electron chi connectivity index (χ4n) is 2.20. The molecule has 23 heavy (non-hydrogen) atoms. The first-order chi connectivity index (χ1) is 10.1. The van der Waals surface area contributed by atoms with E-state index in [4.69, 9.17) is 69.6 Å². The molecular formula is C10H15BrCl6N4O2. The summed E-state index contributed by atoms with van der Waals surface area (Å²) in [7, 11) is 0. The average molecular weight is 516 g/mol. The molecule has 0 aromatic rings. The van der Waals surface area contributed by atoms with Gasteiger partial charge in [-0.1, -0.05) is 69.6 Å². The molecule has 13 heteroatoms. The van der Waals surface area contributed by atoms with Gasteiger partial charge in [-0.15, -0.1) is 17.0 Å². The Morgan fingerprint density at radius 2 is 1.00 bits per heavy atom. The fourth-order valence-corrected chi connectivity index (χ4v) is 3.40. The molecule has 0 aromatic heterocycles. The van der Waals surface area contributed by atoms with Crippen LogP contribution in [0.25, 0.3) is 0 Å². The van der Waals surface area contributed by atoms with Gasteiger partial charge in [-0.25, -0.2) is 0 Å². The minimum atomic E-state index is -1.68. The van der Waals surface area contributed by atoms with E-state index in [1.807, 2.05) is 0 Å². The molecule has 1 aliphatic heterocycles. The van der Waals surface area contributed by atoms with Crippen molar-refractivity contribution in [3.63, 3.8) is 0 Å². The Morgan fingerprint density at radius 1 is 0.739 bits per heavy atom. The van der Waals surface area contributed by atoms with Crippen LogP contribution in [0.1, 0.15) is 0 Å². The van der Waals surface area contributed by atoms with E-state index < -0.39 is 19.9 Å². The lowest BCUT2D eigenvalue weighted by Gasteiger charge is -2.44. The second kappa shape index (κ2) is 10.3. The number of halogens is 7. The van der Waals surface area contributed by atoms with E-state index in [0.717, 1.165) is 0 Å². The number of nitrogens with zero attached hydrogens (tertiary/aromatic N) is 2. The van der Waals surface area contributed by atoms with Crippen LogP contribution in [0, 0.1) is 0 Å². The van der Waals surface area contributed by atoms with Gasteiger partial charge in [0.1, 0.15) is 12.3 Å². The molecule has 1 saturated heterocycles. The highest BCUT2D eigenvalue weighted by atomic mass is 79.9. The fraction of sp³-hybridized carbons (Fsp3) is 0.800. The number of carbonyl (C=O) groups excluding carboxylic acids is 2. The smallest absolute Gasteiger partial charge is 0.223 e. The Bertz CT molecular complexity index is 351. The standard InChI is InChI=1S/C10H14Cl6N4O2.BrH/c11-9(12,13)7(17-5-21)19-1-2-20(4-3-19)8(18-6-22)10(14,15)16;/h5-8H,1-4H2,(H,17,21)(H,18,22);1H. The number of alkyl halides is 6. The number of hydrogen-bond donors (Lipinski definition) is 2. The molecule has 0 saturated carbocycles. The van der Waals surface area contributed by atoms with Crippen molar-refractivity contribution >= 4 is 99.4 Å². The first kappa shape index (κ1) is 24.1. The summed E-state index contributed by atoms with van der Waals surface area (Å²) in [5.74, 6) is 0. The molecular weight excluding hydrogens is 501 g/mol.